The van der Waals surface area contributed by atoms with Crippen LogP contribution in [0.2, 0.25) is 0 Å². The summed E-state index contributed by atoms with van der Waals surface area (Å²) in [5.74, 6) is -0.00836. The van der Waals surface area contributed by atoms with Gasteiger partial charge in [-0.1, -0.05) is 18.2 Å². The molecule has 0 radical (unpaired) electrons. The van der Waals surface area contributed by atoms with Crippen molar-refractivity contribution in [2.75, 3.05) is 5.32 Å². The molecule has 0 aliphatic rings. The zero-order chi connectivity index (χ0) is 24.8. The average Bonchev–Trinajstić information content (AvgIpc) is 3.23. The maximum Gasteiger partial charge on any atom is 0.251 e. The fourth-order valence-corrected chi connectivity index (χ4v) is 4.52. The first kappa shape index (κ1) is 24.4. The molecule has 1 amide bonds. The van der Waals surface area contributed by atoms with Crippen LogP contribution in [0.4, 0.5) is 15.2 Å². The number of carbonyl (C=O) groups excluding carboxylic acids is 1. The topological polar surface area (TPSA) is 123 Å². The molecule has 10 heteroatoms. The van der Waals surface area contributed by atoms with Gasteiger partial charge in [-0.15, -0.1) is 11.3 Å². The van der Waals surface area contributed by atoms with E-state index in [1.165, 1.54) is 17.4 Å². The van der Waals surface area contributed by atoms with Crippen molar-refractivity contribution in [3.8, 4) is 10.4 Å². The number of nitrogens with zero attached hydrogens (tertiary/aromatic N) is 3. The van der Waals surface area contributed by atoms with Crippen molar-refractivity contribution in [1.82, 2.24) is 15.0 Å². The second-order valence-corrected chi connectivity index (χ2v) is 8.93. The zero-order valence-corrected chi connectivity index (χ0v) is 19.8. The summed E-state index contributed by atoms with van der Waals surface area (Å²) < 4.78 is 20.4. The molecule has 0 spiro atoms. The van der Waals surface area contributed by atoms with Crippen LogP contribution in [0.5, 0.6) is 0 Å². The number of nitrogens with one attached hydrogen (secondary N) is 1. The van der Waals surface area contributed by atoms with E-state index in [9.17, 15) is 14.3 Å². The number of hydrogen-bond acceptors (Lipinski definition) is 8. The van der Waals surface area contributed by atoms with Gasteiger partial charge in [0.05, 0.1) is 24.0 Å². The van der Waals surface area contributed by atoms with E-state index in [2.05, 4.69) is 20.3 Å². The van der Waals surface area contributed by atoms with Crippen LogP contribution in [-0.2, 0) is 24.4 Å². The molecular formula is C25H24FN5O3S. The van der Waals surface area contributed by atoms with Gasteiger partial charge >= 0.3 is 0 Å². The van der Waals surface area contributed by atoms with Gasteiger partial charge in [0.25, 0.3) is 5.91 Å². The van der Waals surface area contributed by atoms with Gasteiger partial charge in [-0.3, -0.25) is 4.79 Å². The molecule has 0 fully saturated rings. The van der Waals surface area contributed by atoms with Crippen molar-refractivity contribution in [3.05, 3.63) is 89.4 Å². The number of aromatic nitrogens is 3. The number of benzene rings is 1. The SMILES string of the molecule is CC(O)Cc1ccc(-c2cc(C(N)=O)c(Nc3cccc(COCc4ncccn4)n3)s2)c(F)c1. The maximum absolute atomic E-state index is 14.8. The van der Waals surface area contributed by atoms with Gasteiger partial charge in [-0.05, 0) is 49.2 Å². The Balaban J connectivity index is 1.50. The number of primary amides is 1. The van der Waals surface area contributed by atoms with Crippen molar-refractivity contribution in [2.45, 2.75) is 32.7 Å². The van der Waals surface area contributed by atoms with Crippen LogP contribution >= 0.6 is 11.3 Å². The number of pyridine rings is 1. The molecule has 180 valence electrons. The van der Waals surface area contributed by atoms with Crippen molar-refractivity contribution < 1.29 is 19.0 Å². The monoisotopic (exact) mass is 493 g/mol. The van der Waals surface area contributed by atoms with E-state index in [-0.39, 0.29) is 18.8 Å². The second-order valence-electron chi connectivity index (χ2n) is 7.88. The number of aliphatic hydroxyl groups excluding tert-OH is 1. The molecule has 0 saturated carbocycles. The molecule has 3 heterocycles. The van der Waals surface area contributed by atoms with E-state index in [4.69, 9.17) is 10.5 Å². The number of aliphatic hydroxyl groups is 1. The highest BCUT2D eigenvalue weighted by Gasteiger charge is 2.18. The number of hydrogen-bond donors (Lipinski definition) is 3. The molecule has 4 N–H and O–H groups in total. The number of carbonyl (C=O) groups is 1. The third kappa shape index (κ3) is 6.44. The molecule has 4 rings (SSSR count). The third-order valence-electron chi connectivity index (χ3n) is 4.98. The van der Waals surface area contributed by atoms with Crippen LogP contribution in [0.3, 0.4) is 0 Å². The highest BCUT2D eigenvalue weighted by molar-refractivity contribution is 7.19. The molecular weight excluding hydrogens is 469 g/mol. The van der Waals surface area contributed by atoms with Crippen LogP contribution < -0.4 is 11.1 Å². The second kappa shape index (κ2) is 11.1. The lowest BCUT2D eigenvalue weighted by molar-refractivity contribution is 0.0992. The number of amides is 1. The predicted octanol–water partition coefficient (Wildman–Crippen LogP) is 4.22. The Bertz CT molecular complexity index is 1310. The normalized spacial score (nSPS) is 11.9. The first-order valence-electron chi connectivity index (χ1n) is 10.9. The van der Waals surface area contributed by atoms with Crippen LogP contribution in [0.1, 0.15) is 34.4 Å². The molecule has 0 saturated heterocycles. The van der Waals surface area contributed by atoms with Crippen LogP contribution in [0.15, 0.2) is 60.9 Å². The van der Waals surface area contributed by atoms with E-state index >= 15 is 0 Å². The van der Waals surface area contributed by atoms with Gasteiger partial charge in [0.1, 0.15) is 23.2 Å². The summed E-state index contributed by atoms with van der Waals surface area (Å²) >= 11 is 1.20. The van der Waals surface area contributed by atoms with Crippen molar-refractivity contribution in [2.24, 2.45) is 5.73 Å². The van der Waals surface area contributed by atoms with E-state index in [0.29, 0.717) is 44.8 Å². The molecule has 0 aliphatic carbocycles. The quantitative estimate of drug-likeness (QED) is 0.302. The zero-order valence-electron chi connectivity index (χ0n) is 18.9. The summed E-state index contributed by atoms with van der Waals surface area (Å²) in [4.78, 5) is 25.4. The Morgan fingerprint density at radius 2 is 1.97 bits per heavy atom. The molecule has 35 heavy (non-hydrogen) atoms. The van der Waals surface area contributed by atoms with Crippen LogP contribution in [-0.4, -0.2) is 32.1 Å². The summed E-state index contributed by atoms with van der Waals surface area (Å²) in [7, 11) is 0. The molecule has 4 aromatic rings. The van der Waals surface area contributed by atoms with E-state index in [1.807, 2.05) is 12.1 Å². The molecule has 0 aliphatic heterocycles. The summed E-state index contributed by atoms with van der Waals surface area (Å²) in [5.41, 5.74) is 7.52. The van der Waals surface area contributed by atoms with Gasteiger partial charge < -0.3 is 20.9 Å². The molecule has 3 aromatic heterocycles. The molecule has 0 bridgehead atoms. The number of ether oxygens (including phenoxy) is 1. The first-order chi connectivity index (χ1) is 16.9. The Morgan fingerprint density at radius 3 is 2.69 bits per heavy atom. The Labute approximate surface area is 205 Å². The third-order valence-corrected chi connectivity index (χ3v) is 6.06. The fourth-order valence-electron chi connectivity index (χ4n) is 3.42. The average molecular weight is 494 g/mol. The minimum Gasteiger partial charge on any atom is -0.393 e. The predicted molar refractivity (Wildman–Crippen MR) is 132 cm³/mol. The van der Waals surface area contributed by atoms with E-state index < -0.39 is 17.8 Å². The highest BCUT2D eigenvalue weighted by atomic mass is 32.1. The van der Waals surface area contributed by atoms with Gasteiger partial charge in [0.15, 0.2) is 5.82 Å². The standard InChI is InChI=1S/C25H24FN5O3S/c1-15(32)10-16-6-7-18(20(26)11-16)21-12-19(24(27)33)25(35-21)31-22-5-2-4-17(30-22)13-34-14-23-28-8-3-9-29-23/h2-9,11-12,15,32H,10,13-14H2,1H3,(H2,27,33)(H,30,31). The largest absolute Gasteiger partial charge is 0.393 e. The summed E-state index contributed by atoms with van der Waals surface area (Å²) in [6, 6.07) is 13.5. The van der Waals surface area contributed by atoms with Crippen molar-refractivity contribution in [3.63, 3.8) is 0 Å². The fraction of sp³-hybridized carbons (Fsp3) is 0.200. The van der Waals surface area contributed by atoms with Crippen LogP contribution in [0.25, 0.3) is 10.4 Å². The lowest BCUT2D eigenvalue weighted by Gasteiger charge is -2.08. The highest BCUT2D eigenvalue weighted by Crippen LogP contribution is 2.38. The molecule has 1 unspecified atom stereocenters. The van der Waals surface area contributed by atoms with Gasteiger partial charge in [0.2, 0.25) is 0 Å². The maximum atomic E-state index is 14.8. The molecule has 8 nitrogen and oxygen atoms in total. The van der Waals surface area contributed by atoms with Gasteiger partial charge in [-0.25, -0.2) is 19.3 Å². The summed E-state index contributed by atoms with van der Waals surface area (Å²) in [5, 5.41) is 13.1. The summed E-state index contributed by atoms with van der Waals surface area (Å²) in [6.45, 7) is 2.15. The molecule has 1 atom stereocenters. The number of nitrogens with two attached hydrogens (primary N) is 1. The lowest BCUT2D eigenvalue weighted by Crippen LogP contribution is -2.11. The number of thiophene rings is 1. The lowest BCUT2D eigenvalue weighted by atomic mass is 10.0. The molecule has 1 aromatic carbocycles. The Morgan fingerprint density at radius 1 is 1.17 bits per heavy atom. The van der Waals surface area contributed by atoms with Gasteiger partial charge in [-0.2, -0.15) is 0 Å². The Kier molecular flexibility index (Phi) is 7.76. The van der Waals surface area contributed by atoms with Crippen molar-refractivity contribution >= 4 is 28.1 Å². The number of halogens is 1. The van der Waals surface area contributed by atoms with Crippen LogP contribution in [0, 0.1) is 5.82 Å². The number of rotatable bonds is 10. The smallest absolute Gasteiger partial charge is 0.251 e. The van der Waals surface area contributed by atoms with E-state index in [1.54, 1.807) is 49.6 Å². The van der Waals surface area contributed by atoms with Crippen molar-refractivity contribution in [1.29, 1.82) is 0 Å². The van der Waals surface area contributed by atoms with E-state index in [0.717, 1.165) is 0 Å². The summed E-state index contributed by atoms with van der Waals surface area (Å²) in [6.07, 6.45) is 3.08. The number of anilines is 2. The minimum atomic E-state index is -0.636. The Hall–Kier alpha value is -3.73. The first-order valence-corrected chi connectivity index (χ1v) is 11.7. The minimum absolute atomic E-state index is 0.238. The van der Waals surface area contributed by atoms with Gasteiger partial charge in [0, 0.05) is 22.8 Å².